The van der Waals surface area contributed by atoms with Crippen LogP contribution in [0.2, 0.25) is 0 Å². The van der Waals surface area contributed by atoms with Gasteiger partial charge in [0.25, 0.3) is 6.71 Å². The molecular formula is C84H49BN4S2. The lowest BCUT2D eigenvalue weighted by Crippen LogP contribution is -2.61. The average molecular weight is 1190 g/mol. The molecule has 0 unspecified atom stereocenters. The lowest BCUT2D eigenvalue weighted by molar-refractivity contribution is 1.18. The van der Waals surface area contributed by atoms with Crippen molar-refractivity contribution < 1.29 is 0 Å². The van der Waals surface area contributed by atoms with Crippen LogP contribution in [0.4, 0.5) is 34.1 Å². The number of anilines is 6. The van der Waals surface area contributed by atoms with Crippen molar-refractivity contribution >= 4 is 196 Å². The molecule has 0 amide bonds. The molecule has 0 N–H and O–H groups in total. The van der Waals surface area contributed by atoms with Crippen molar-refractivity contribution in [3.63, 3.8) is 0 Å². The highest BCUT2D eigenvalue weighted by Gasteiger charge is 2.46. The average Bonchev–Trinajstić information content (AvgIpc) is 1.64. The summed E-state index contributed by atoms with van der Waals surface area (Å²) in [5, 5.41) is 17.5. The molecule has 0 radical (unpaired) electrons. The summed E-state index contributed by atoms with van der Waals surface area (Å²) in [6.07, 6.45) is 0. The molecule has 0 fully saturated rings. The molecule has 15 aromatic carbocycles. The molecule has 4 aromatic heterocycles. The summed E-state index contributed by atoms with van der Waals surface area (Å²) in [4.78, 5) is 5.38. The lowest BCUT2D eigenvalue weighted by Gasteiger charge is -2.45. The minimum absolute atomic E-state index is 0.224. The molecule has 91 heavy (non-hydrogen) atoms. The van der Waals surface area contributed by atoms with Gasteiger partial charge in [-0.1, -0.05) is 182 Å². The van der Waals surface area contributed by atoms with E-state index in [1.807, 2.05) is 22.7 Å². The molecule has 6 heterocycles. The van der Waals surface area contributed by atoms with Crippen molar-refractivity contribution in [2.24, 2.45) is 0 Å². The van der Waals surface area contributed by atoms with E-state index in [1.54, 1.807) is 0 Å². The van der Waals surface area contributed by atoms with Crippen LogP contribution in [0.25, 0.3) is 139 Å². The summed E-state index contributed by atoms with van der Waals surface area (Å²) in [5.41, 5.74) is 20.1. The van der Waals surface area contributed by atoms with E-state index in [0.717, 1.165) is 16.9 Å². The number of hydrogen-bond donors (Lipinski definition) is 0. The Morgan fingerprint density at radius 2 is 0.626 bits per heavy atom. The third-order valence-corrected chi connectivity index (χ3v) is 22.3. The van der Waals surface area contributed by atoms with Gasteiger partial charge in [0.2, 0.25) is 0 Å². The first-order valence-electron chi connectivity index (χ1n) is 31.3. The Labute approximate surface area is 531 Å². The fourth-order valence-corrected chi connectivity index (χ4v) is 18.5. The molecule has 0 aliphatic carbocycles. The van der Waals surface area contributed by atoms with Crippen LogP contribution < -0.4 is 26.2 Å². The first-order chi connectivity index (χ1) is 45.2. The predicted molar refractivity (Wildman–Crippen MR) is 393 cm³/mol. The number of fused-ring (bicyclic) bond motifs is 22. The molecule has 0 atom stereocenters. The zero-order valence-corrected chi connectivity index (χ0v) is 50.6. The van der Waals surface area contributed by atoms with Crippen molar-refractivity contribution in [2.75, 3.05) is 9.80 Å². The first kappa shape index (κ1) is 49.7. The van der Waals surface area contributed by atoms with Crippen LogP contribution >= 0.6 is 22.7 Å². The van der Waals surface area contributed by atoms with E-state index in [1.165, 1.54) is 172 Å². The molecule has 2 aliphatic rings. The third-order valence-electron chi connectivity index (χ3n) is 20.0. The number of rotatable bonds is 5. The van der Waals surface area contributed by atoms with Crippen LogP contribution in [0.5, 0.6) is 0 Å². The van der Waals surface area contributed by atoms with E-state index < -0.39 is 0 Å². The number of aromatic nitrogens is 2. The highest BCUT2D eigenvalue weighted by Crippen LogP contribution is 2.54. The van der Waals surface area contributed by atoms with Crippen LogP contribution in [-0.2, 0) is 0 Å². The summed E-state index contributed by atoms with van der Waals surface area (Å²) in [7, 11) is 0. The minimum Gasteiger partial charge on any atom is -0.311 e. The largest absolute Gasteiger partial charge is 0.311 e. The smallest absolute Gasteiger partial charge is 0.252 e. The molecule has 4 nitrogen and oxygen atoms in total. The van der Waals surface area contributed by atoms with Crippen LogP contribution in [-0.4, -0.2) is 15.8 Å². The highest BCUT2D eigenvalue weighted by molar-refractivity contribution is 7.26. The highest BCUT2D eigenvalue weighted by atomic mass is 32.1. The Morgan fingerprint density at radius 1 is 0.231 bits per heavy atom. The standard InChI is InChI=1S/C84H49BN4S2/c1-3-21-52(22-4-1)86-68-33-15-11-29-59(68)64-46-74-66(48-72(64)86)85-67-49-73-65(60-30-12-16-34-69(60)87(73)53-23-5-2-6-24-53)47-75(67)89(71-36-20-40-81-83(71)62-32-14-18-38-79(62)91-81)77-45-51(50-41-42-58-56-27-8-7-25-54(56)55-26-9-10-28-57(55)63(58)43-50)44-76(84(77)85)88(74)70-35-19-39-80-82(70)61-31-13-17-37-78(61)90-80/h1-49H. The minimum atomic E-state index is -0.224. The van der Waals surface area contributed by atoms with Crippen LogP contribution in [0.1, 0.15) is 0 Å². The molecule has 420 valence electrons. The number of thiophene rings is 2. The topological polar surface area (TPSA) is 16.3 Å². The van der Waals surface area contributed by atoms with Crippen molar-refractivity contribution in [3.8, 4) is 22.5 Å². The van der Waals surface area contributed by atoms with Crippen molar-refractivity contribution in [2.45, 2.75) is 0 Å². The second kappa shape index (κ2) is 18.7. The summed E-state index contributed by atoms with van der Waals surface area (Å²) in [6, 6.07) is 113. The molecule has 21 rings (SSSR count). The zero-order chi connectivity index (χ0) is 59.2. The zero-order valence-electron chi connectivity index (χ0n) is 49.0. The number of benzene rings is 15. The Kier molecular flexibility index (Phi) is 10.2. The summed E-state index contributed by atoms with van der Waals surface area (Å²) in [6.45, 7) is -0.224. The summed E-state index contributed by atoms with van der Waals surface area (Å²) >= 11 is 3.77. The third kappa shape index (κ3) is 6.88. The van der Waals surface area contributed by atoms with Crippen LogP contribution in [0.15, 0.2) is 297 Å². The maximum Gasteiger partial charge on any atom is 0.252 e. The molecule has 0 saturated heterocycles. The van der Waals surface area contributed by atoms with E-state index in [2.05, 4.69) is 316 Å². The van der Waals surface area contributed by atoms with Crippen LogP contribution in [0, 0.1) is 0 Å². The first-order valence-corrected chi connectivity index (χ1v) is 33.0. The van der Waals surface area contributed by atoms with Gasteiger partial charge >= 0.3 is 0 Å². The van der Waals surface area contributed by atoms with E-state index in [4.69, 9.17) is 0 Å². The predicted octanol–water partition coefficient (Wildman–Crippen LogP) is 21.8. The van der Waals surface area contributed by atoms with Gasteiger partial charge in [0.1, 0.15) is 0 Å². The van der Waals surface area contributed by atoms with Gasteiger partial charge in [0, 0.05) is 96.0 Å². The monoisotopic (exact) mass is 1190 g/mol. The van der Waals surface area contributed by atoms with E-state index >= 15 is 0 Å². The van der Waals surface area contributed by atoms with Gasteiger partial charge in [-0.3, -0.25) is 0 Å². The van der Waals surface area contributed by atoms with Gasteiger partial charge in [-0.2, -0.15) is 0 Å². The molecule has 7 heteroatoms. The van der Waals surface area contributed by atoms with Crippen molar-refractivity contribution in [1.82, 2.24) is 9.13 Å². The number of hydrogen-bond acceptors (Lipinski definition) is 4. The summed E-state index contributed by atoms with van der Waals surface area (Å²) < 4.78 is 10.1. The fourth-order valence-electron chi connectivity index (χ4n) is 16.3. The Bertz CT molecular complexity index is 6030. The Hall–Kier alpha value is -11.2. The maximum absolute atomic E-state index is 2.69. The second-order valence-corrected chi connectivity index (χ2v) is 26.8. The quantitative estimate of drug-likeness (QED) is 0.126. The number of para-hydroxylation sites is 4. The van der Waals surface area contributed by atoms with Gasteiger partial charge in [-0.25, -0.2) is 0 Å². The molecular weight excluding hydrogens is 1140 g/mol. The molecule has 0 bridgehead atoms. The lowest BCUT2D eigenvalue weighted by atomic mass is 9.33. The van der Waals surface area contributed by atoms with Crippen molar-refractivity contribution in [3.05, 3.63) is 297 Å². The van der Waals surface area contributed by atoms with Gasteiger partial charge < -0.3 is 18.9 Å². The fraction of sp³-hybridized carbons (Fsp3) is 0. The number of nitrogens with zero attached hydrogens (tertiary/aromatic N) is 4. The maximum atomic E-state index is 2.69. The Balaban J connectivity index is 0.967. The van der Waals surface area contributed by atoms with E-state index in [-0.39, 0.29) is 6.71 Å². The Morgan fingerprint density at radius 3 is 1.11 bits per heavy atom. The van der Waals surface area contributed by atoms with E-state index in [0.29, 0.717) is 0 Å². The molecule has 19 aromatic rings. The normalized spacial score (nSPS) is 13.0. The molecule has 2 aliphatic heterocycles. The SMILES string of the molecule is c1ccc(-n2c3ccccc3c3cc4c(cc32)B2c3cc5c(cc3N(c3cccc6sc7ccccc7c36)c3cc(-c6ccc7c8ccccc8c8ccccc8c7c6)cc(c32)N4c2cccc3sc4ccccc4c23)c2ccccc2n5-c2ccccc2)cc1. The van der Waals surface area contributed by atoms with Crippen molar-refractivity contribution in [1.29, 1.82) is 0 Å². The summed E-state index contributed by atoms with van der Waals surface area (Å²) in [5.74, 6) is 0. The van der Waals surface area contributed by atoms with Gasteiger partial charge in [-0.15, -0.1) is 22.7 Å². The second-order valence-electron chi connectivity index (χ2n) is 24.6. The molecule has 0 saturated carbocycles. The van der Waals surface area contributed by atoms with Crippen LogP contribution in [0.3, 0.4) is 0 Å². The van der Waals surface area contributed by atoms with Gasteiger partial charge in [-0.05, 0) is 175 Å². The van der Waals surface area contributed by atoms with E-state index in [9.17, 15) is 0 Å². The van der Waals surface area contributed by atoms with Gasteiger partial charge in [0.05, 0.1) is 33.4 Å². The van der Waals surface area contributed by atoms with Gasteiger partial charge in [0.15, 0.2) is 0 Å². The molecule has 0 spiro atoms.